The van der Waals surface area contributed by atoms with Gasteiger partial charge >= 0.3 is 6.03 Å². The van der Waals surface area contributed by atoms with Crippen molar-refractivity contribution < 1.29 is 23.6 Å². The monoisotopic (exact) mass is 469 g/mol. The van der Waals surface area contributed by atoms with E-state index >= 15 is 0 Å². The van der Waals surface area contributed by atoms with Crippen LogP contribution in [0, 0.1) is 5.41 Å². The molecule has 168 valence electrons. The zero-order valence-corrected chi connectivity index (χ0v) is 17.9. The molecule has 0 radical (unpaired) electrons. The minimum atomic E-state index is -1.64. The Morgan fingerprint density at radius 2 is 2.00 bits per heavy atom. The van der Waals surface area contributed by atoms with Gasteiger partial charge in [0.1, 0.15) is 16.2 Å². The number of rotatable bonds is 1. The fourth-order valence-corrected chi connectivity index (χ4v) is 5.40. The number of morpholine rings is 1. The second kappa shape index (κ2) is 6.93. The Morgan fingerprint density at radius 1 is 1.21 bits per heavy atom. The minimum absolute atomic E-state index is 0.0944. The maximum Gasteiger partial charge on any atom is 0.328 e. The molecular formula is C20H16ClN7O5. The van der Waals surface area contributed by atoms with Gasteiger partial charge in [-0.25, -0.2) is 9.78 Å². The number of nitrogens with zero attached hydrogens (tertiary/aromatic N) is 5. The van der Waals surface area contributed by atoms with Crippen molar-refractivity contribution in [3.63, 3.8) is 0 Å². The number of ether oxygens (including phenoxy) is 1. The highest BCUT2D eigenvalue weighted by Gasteiger charge is 2.63. The molecule has 3 aliphatic heterocycles. The molecule has 4 amide bonds. The third-order valence-corrected chi connectivity index (χ3v) is 6.75. The molecule has 12 nitrogen and oxygen atoms in total. The first-order valence-corrected chi connectivity index (χ1v) is 10.6. The molecule has 0 aromatic carbocycles. The van der Waals surface area contributed by atoms with Crippen LogP contribution in [0.1, 0.15) is 12.6 Å². The van der Waals surface area contributed by atoms with Gasteiger partial charge in [0.2, 0.25) is 17.4 Å². The van der Waals surface area contributed by atoms with Crippen LogP contribution < -0.4 is 15.5 Å². The van der Waals surface area contributed by atoms with Crippen molar-refractivity contribution in [1.82, 2.24) is 30.7 Å². The van der Waals surface area contributed by atoms with Crippen LogP contribution in [0.4, 0.5) is 10.5 Å². The normalized spacial score (nSPS) is 23.8. The smallest absolute Gasteiger partial charge is 0.328 e. The van der Waals surface area contributed by atoms with E-state index in [0.717, 1.165) is 0 Å². The molecule has 33 heavy (non-hydrogen) atoms. The molecule has 1 spiro atoms. The van der Waals surface area contributed by atoms with Crippen LogP contribution in [-0.2, 0) is 20.7 Å². The second-order valence-electron chi connectivity index (χ2n) is 8.12. The van der Waals surface area contributed by atoms with Crippen LogP contribution in [-0.4, -0.2) is 63.3 Å². The molecule has 2 fully saturated rings. The number of carbonyl (C=O) groups excluding carboxylic acids is 3. The summed E-state index contributed by atoms with van der Waals surface area (Å²) in [6, 6.07) is -1.58. The summed E-state index contributed by atoms with van der Waals surface area (Å²) < 4.78 is 11.3. The highest BCUT2D eigenvalue weighted by molar-refractivity contribution is 6.38. The number of anilines is 1. The Kier molecular flexibility index (Phi) is 4.20. The molecule has 0 saturated carbocycles. The van der Waals surface area contributed by atoms with Gasteiger partial charge in [0.25, 0.3) is 0 Å². The number of pyridine rings is 1. The molecule has 0 bridgehead atoms. The highest BCUT2D eigenvalue weighted by Crippen LogP contribution is 2.49. The van der Waals surface area contributed by atoms with Crippen molar-refractivity contribution in [1.29, 1.82) is 0 Å². The molecule has 6 heterocycles. The summed E-state index contributed by atoms with van der Waals surface area (Å²) in [5.41, 5.74) is 0.679. The van der Waals surface area contributed by atoms with Crippen molar-refractivity contribution >= 4 is 46.2 Å². The van der Waals surface area contributed by atoms with E-state index in [1.165, 1.54) is 18.6 Å². The molecule has 2 atom stereocenters. The number of hydrogen-bond donors (Lipinski definition) is 2. The van der Waals surface area contributed by atoms with Gasteiger partial charge in [-0.3, -0.25) is 30.2 Å². The lowest BCUT2D eigenvalue weighted by atomic mass is 9.68. The number of carbonyl (C=O) groups is 3. The first-order valence-electron chi connectivity index (χ1n) is 10.2. The van der Waals surface area contributed by atoms with E-state index in [4.69, 9.17) is 25.8 Å². The van der Waals surface area contributed by atoms with Crippen molar-refractivity contribution in [3.8, 4) is 11.4 Å². The quantitative estimate of drug-likeness (QED) is 0.490. The van der Waals surface area contributed by atoms with Crippen molar-refractivity contribution in [2.75, 3.05) is 18.1 Å². The van der Waals surface area contributed by atoms with Crippen LogP contribution in [0.2, 0.25) is 5.02 Å². The first-order chi connectivity index (χ1) is 15.9. The number of nitrogens with one attached hydrogen (secondary N) is 2. The van der Waals surface area contributed by atoms with E-state index in [2.05, 4.69) is 25.8 Å². The number of imide groups is 2. The molecule has 0 aliphatic carbocycles. The lowest BCUT2D eigenvalue weighted by molar-refractivity contribution is -0.151. The fourth-order valence-electron chi connectivity index (χ4n) is 5.06. The number of amides is 4. The lowest BCUT2D eigenvalue weighted by Gasteiger charge is -2.53. The largest absolute Gasteiger partial charge is 0.374 e. The third kappa shape index (κ3) is 2.64. The van der Waals surface area contributed by atoms with Crippen molar-refractivity contribution in [2.24, 2.45) is 5.41 Å². The summed E-state index contributed by atoms with van der Waals surface area (Å²) in [4.78, 5) is 53.1. The van der Waals surface area contributed by atoms with Gasteiger partial charge in [-0.2, -0.15) is 0 Å². The molecule has 2 saturated heterocycles. The predicted octanol–water partition coefficient (Wildman–Crippen LogP) is 0.835. The molecule has 0 unspecified atom stereocenters. The maximum atomic E-state index is 13.2. The lowest BCUT2D eigenvalue weighted by Crippen LogP contribution is -2.74. The summed E-state index contributed by atoms with van der Waals surface area (Å²) in [5.74, 6) is -1.40. The van der Waals surface area contributed by atoms with Gasteiger partial charge in [-0.15, -0.1) is 0 Å². The number of fused-ring (bicyclic) bond motifs is 5. The number of halogens is 1. The van der Waals surface area contributed by atoms with Crippen LogP contribution in [0.3, 0.4) is 0 Å². The Morgan fingerprint density at radius 3 is 2.73 bits per heavy atom. The summed E-state index contributed by atoms with van der Waals surface area (Å²) in [6.45, 7) is 2.49. The topological polar surface area (TPSA) is 152 Å². The average Bonchev–Trinajstić information content (AvgIpc) is 3.22. The second-order valence-corrected chi connectivity index (χ2v) is 8.50. The van der Waals surface area contributed by atoms with E-state index in [0.29, 0.717) is 41.4 Å². The zero-order chi connectivity index (χ0) is 22.9. The summed E-state index contributed by atoms with van der Waals surface area (Å²) in [5, 5.41) is 8.83. The molecule has 3 aromatic rings. The Labute approximate surface area is 190 Å². The van der Waals surface area contributed by atoms with Gasteiger partial charge in [0.05, 0.1) is 36.3 Å². The predicted molar refractivity (Wildman–Crippen MR) is 112 cm³/mol. The van der Waals surface area contributed by atoms with E-state index in [-0.39, 0.29) is 17.0 Å². The number of barbiturate groups is 1. The molecule has 13 heteroatoms. The molecule has 3 aromatic heterocycles. The van der Waals surface area contributed by atoms with E-state index in [1.807, 2.05) is 4.90 Å². The zero-order valence-electron chi connectivity index (χ0n) is 17.2. The number of aromatic nitrogens is 4. The third-order valence-electron chi connectivity index (χ3n) is 6.40. The van der Waals surface area contributed by atoms with Crippen LogP contribution in [0.15, 0.2) is 23.1 Å². The summed E-state index contributed by atoms with van der Waals surface area (Å²) >= 11 is 6.80. The fraction of sp³-hybridized carbons (Fsp3) is 0.350. The van der Waals surface area contributed by atoms with Crippen LogP contribution in [0.25, 0.3) is 22.5 Å². The number of hydrogen-bond acceptors (Lipinski definition) is 10. The highest BCUT2D eigenvalue weighted by atomic mass is 35.5. The molecule has 2 N–H and O–H groups in total. The number of urea groups is 1. The first kappa shape index (κ1) is 20.0. The van der Waals surface area contributed by atoms with Crippen molar-refractivity contribution in [3.05, 3.63) is 29.3 Å². The van der Waals surface area contributed by atoms with Gasteiger partial charge in [-0.1, -0.05) is 16.8 Å². The average molecular weight is 470 g/mol. The van der Waals surface area contributed by atoms with Gasteiger partial charge < -0.3 is 14.2 Å². The Hall–Kier alpha value is -3.64. The molecule has 3 aliphatic rings. The summed E-state index contributed by atoms with van der Waals surface area (Å²) in [6.07, 6.45) is 3.95. The van der Waals surface area contributed by atoms with E-state index in [1.54, 1.807) is 6.92 Å². The molecule has 6 rings (SSSR count). The van der Waals surface area contributed by atoms with Gasteiger partial charge in [0.15, 0.2) is 11.1 Å². The van der Waals surface area contributed by atoms with Gasteiger partial charge in [-0.05, 0) is 6.92 Å². The van der Waals surface area contributed by atoms with Crippen molar-refractivity contribution in [2.45, 2.75) is 25.5 Å². The Balaban J connectivity index is 1.60. The van der Waals surface area contributed by atoms with Crippen LogP contribution >= 0.6 is 11.6 Å². The SMILES string of the molecule is C[C@@H]1OCCN2c3c(nc4c(-c5cnccn5)noc4c3Cl)CC3(C(=O)NC(=O)NC3=O)[C@@H]12. The summed E-state index contributed by atoms with van der Waals surface area (Å²) in [7, 11) is 0. The molecular weight excluding hydrogens is 454 g/mol. The van der Waals surface area contributed by atoms with Crippen LogP contribution in [0.5, 0.6) is 0 Å². The van der Waals surface area contributed by atoms with E-state index < -0.39 is 35.4 Å². The standard InChI is InChI=1S/C20H16ClN7O5/c1-8-16-20(17(29)25-19(31)26-18(20)30)6-9-14(28(16)4-5-32-8)11(21)15-13(24-9)12(27-33-15)10-7-22-2-3-23-10/h2-3,7-8,16H,4-6H2,1H3,(H2,25,26,29,30,31)/t8-,16+/m0/s1. The minimum Gasteiger partial charge on any atom is -0.374 e. The Bertz CT molecular complexity index is 1320. The van der Waals surface area contributed by atoms with E-state index in [9.17, 15) is 14.4 Å². The maximum absolute atomic E-state index is 13.2. The van der Waals surface area contributed by atoms with Gasteiger partial charge in [0, 0.05) is 25.4 Å².